The van der Waals surface area contributed by atoms with Crippen molar-refractivity contribution in [3.8, 4) is 5.75 Å². The number of oxime groups is 1. The molecule has 0 radical (unpaired) electrons. The number of nitrogens with zero attached hydrogens (tertiary/aromatic N) is 1. The second-order valence-corrected chi connectivity index (χ2v) is 5.77. The summed E-state index contributed by atoms with van der Waals surface area (Å²) in [4.78, 5) is 28.7. The fourth-order valence-electron chi connectivity index (χ4n) is 2.04. The summed E-state index contributed by atoms with van der Waals surface area (Å²) < 4.78 is 10.1. The summed E-state index contributed by atoms with van der Waals surface area (Å²) >= 11 is 0. The van der Waals surface area contributed by atoms with Crippen molar-refractivity contribution in [3.63, 3.8) is 0 Å². The molecule has 7 nitrogen and oxygen atoms in total. The molecular formula is C20H22N2O5. The fourth-order valence-corrected chi connectivity index (χ4v) is 2.04. The van der Waals surface area contributed by atoms with Gasteiger partial charge in [-0.2, -0.15) is 0 Å². The predicted octanol–water partition coefficient (Wildman–Crippen LogP) is 2.92. The van der Waals surface area contributed by atoms with Gasteiger partial charge in [-0.3, -0.25) is 4.79 Å². The smallest absolute Gasteiger partial charge is 0.347 e. The van der Waals surface area contributed by atoms with E-state index in [4.69, 9.17) is 14.3 Å². The van der Waals surface area contributed by atoms with Crippen molar-refractivity contribution in [2.75, 3.05) is 19.0 Å². The molecule has 0 bridgehead atoms. The zero-order chi connectivity index (χ0) is 19.6. The summed E-state index contributed by atoms with van der Waals surface area (Å²) in [5.41, 5.74) is 2.50. The van der Waals surface area contributed by atoms with Crippen molar-refractivity contribution in [2.24, 2.45) is 5.16 Å². The van der Waals surface area contributed by atoms with Crippen LogP contribution < -0.4 is 10.1 Å². The lowest BCUT2D eigenvalue weighted by atomic mass is 10.2. The van der Waals surface area contributed by atoms with Crippen molar-refractivity contribution in [2.45, 2.75) is 20.0 Å². The molecule has 27 heavy (non-hydrogen) atoms. The highest BCUT2D eigenvalue weighted by molar-refractivity contribution is 5.95. The number of carbonyl (C=O) groups excluding carboxylic acids is 2. The first kappa shape index (κ1) is 20.0. The molecule has 0 fully saturated rings. The molecule has 7 heteroatoms. The minimum absolute atomic E-state index is 0.394. The summed E-state index contributed by atoms with van der Waals surface area (Å²) in [5.74, 6) is -0.378. The number of amides is 1. The predicted molar refractivity (Wildman–Crippen MR) is 102 cm³/mol. The first-order valence-electron chi connectivity index (χ1n) is 8.34. The van der Waals surface area contributed by atoms with Crippen LogP contribution in [0, 0.1) is 6.92 Å². The van der Waals surface area contributed by atoms with Gasteiger partial charge in [0.05, 0.1) is 13.3 Å². The fraction of sp³-hybridized carbons (Fsp3) is 0.250. The summed E-state index contributed by atoms with van der Waals surface area (Å²) in [6, 6.07) is 14.5. The molecule has 1 N–H and O–H groups in total. The molecule has 1 amide bonds. The van der Waals surface area contributed by atoms with Crippen LogP contribution in [0.3, 0.4) is 0 Å². The molecule has 0 aromatic heterocycles. The molecule has 2 aromatic carbocycles. The summed E-state index contributed by atoms with van der Waals surface area (Å²) in [7, 11) is 1.58. The Labute approximate surface area is 157 Å². The topological polar surface area (TPSA) is 86.2 Å². The maximum Gasteiger partial charge on any atom is 0.347 e. The lowest BCUT2D eigenvalue weighted by molar-refractivity contribution is -0.157. The van der Waals surface area contributed by atoms with Gasteiger partial charge in [0.25, 0.3) is 5.91 Å². The standard InChI is InChI=1S/C20H22N2O5/c1-14-4-8-17(9-5-14)22-20(24)15(2)27-19(23)13-26-21-12-16-6-10-18(25-3)11-7-16/h4-12,15H,13H2,1-3H3,(H,22,24)/b21-12-/t15-/m1/s1. The first-order valence-corrected chi connectivity index (χ1v) is 8.34. The Morgan fingerprint density at radius 3 is 2.41 bits per heavy atom. The number of hydrogen-bond donors (Lipinski definition) is 1. The Balaban J connectivity index is 1.72. The molecule has 142 valence electrons. The Hall–Kier alpha value is -3.35. The van der Waals surface area contributed by atoms with Crippen LogP contribution in [0.5, 0.6) is 5.75 Å². The van der Waals surface area contributed by atoms with E-state index in [0.29, 0.717) is 5.69 Å². The van der Waals surface area contributed by atoms with Crippen molar-refractivity contribution in [3.05, 3.63) is 59.7 Å². The number of carbonyl (C=O) groups is 2. The third-order valence-corrected chi connectivity index (χ3v) is 3.57. The van der Waals surface area contributed by atoms with Crippen molar-refractivity contribution >= 4 is 23.8 Å². The Kier molecular flexibility index (Phi) is 7.37. The molecule has 1 atom stereocenters. The number of ether oxygens (including phenoxy) is 2. The van der Waals surface area contributed by atoms with Gasteiger partial charge in [-0.15, -0.1) is 0 Å². The maximum absolute atomic E-state index is 12.0. The molecule has 0 heterocycles. The van der Waals surface area contributed by atoms with E-state index in [0.717, 1.165) is 16.9 Å². The van der Waals surface area contributed by atoms with E-state index in [1.165, 1.54) is 13.1 Å². The van der Waals surface area contributed by atoms with Crippen LogP contribution in [-0.4, -0.2) is 37.9 Å². The van der Waals surface area contributed by atoms with E-state index in [2.05, 4.69) is 10.5 Å². The van der Waals surface area contributed by atoms with Gasteiger partial charge in [0.15, 0.2) is 6.10 Å². The lowest BCUT2D eigenvalue weighted by Crippen LogP contribution is -2.31. The van der Waals surface area contributed by atoms with E-state index >= 15 is 0 Å². The monoisotopic (exact) mass is 370 g/mol. The molecule has 0 spiro atoms. The van der Waals surface area contributed by atoms with Gasteiger partial charge < -0.3 is 19.6 Å². The van der Waals surface area contributed by atoms with Crippen LogP contribution in [0.1, 0.15) is 18.1 Å². The minimum Gasteiger partial charge on any atom is -0.497 e. The van der Waals surface area contributed by atoms with Gasteiger partial charge in [0.2, 0.25) is 6.61 Å². The van der Waals surface area contributed by atoms with E-state index in [-0.39, 0.29) is 0 Å². The van der Waals surface area contributed by atoms with Crippen LogP contribution in [0.15, 0.2) is 53.7 Å². The largest absolute Gasteiger partial charge is 0.497 e. The van der Waals surface area contributed by atoms with Gasteiger partial charge in [0, 0.05) is 5.69 Å². The van der Waals surface area contributed by atoms with Crippen LogP contribution in [0.25, 0.3) is 0 Å². The second kappa shape index (κ2) is 9.96. The highest BCUT2D eigenvalue weighted by Gasteiger charge is 2.18. The number of nitrogens with one attached hydrogen (secondary N) is 1. The number of rotatable bonds is 8. The maximum atomic E-state index is 12.0. The number of hydrogen-bond acceptors (Lipinski definition) is 6. The molecule has 2 aromatic rings. The highest BCUT2D eigenvalue weighted by atomic mass is 16.7. The normalized spacial score (nSPS) is 11.7. The number of anilines is 1. The molecule has 0 aliphatic carbocycles. The van der Waals surface area contributed by atoms with Gasteiger partial charge >= 0.3 is 5.97 Å². The van der Waals surface area contributed by atoms with Crippen LogP contribution >= 0.6 is 0 Å². The number of benzene rings is 2. The molecule has 0 saturated heterocycles. The highest BCUT2D eigenvalue weighted by Crippen LogP contribution is 2.10. The minimum atomic E-state index is -0.951. The van der Waals surface area contributed by atoms with E-state index in [1.807, 2.05) is 19.1 Å². The van der Waals surface area contributed by atoms with Crippen molar-refractivity contribution in [1.29, 1.82) is 0 Å². The average Bonchev–Trinajstić information content (AvgIpc) is 2.67. The van der Waals surface area contributed by atoms with E-state index in [9.17, 15) is 9.59 Å². The molecular weight excluding hydrogens is 348 g/mol. The lowest BCUT2D eigenvalue weighted by Gasteiger charge is -2.13. The van der Waals surface area contributed by atoms with Crippen molar-refractivity contribution in [1.82, 2.24) is 0 Å². The third-order valence-electron chi connectivity index (χ3n) is 3.57. The quantitative estimate of drug-likeness (QED) is 0.439. The van der Waals surface area contributed by atoms with Gasteiger partial charge in [0.1, 0.15) is 5.75 Å². The zero-order valence-corrected chi connectivity index (χ0v) is 15.5. The molecule has 0 aliphatic rings. The third kappa shape index (κ3) is 6.81. The Bertz CT molecular complexity index is 785. The molecule has 0 saturated carbocycles. The summed E-state index contributed by atoms with van der Waals surface area (Å²) in [6.07, 6.45) is 0.508. The SMILES string of the molecule is COc1ccc(/C=N\OCC(=O)O[C@H](C)C(=O)Nc2ccc(C)cc2)cc1. The average molecular weight is 370 g/mol. The number of methoxy groups -OCH3 is 1. The van der Waals surface area contributed by atoms with Crippen LogP contribution in [-0.2, 0) is 19.2 Å². The zero-order valence-electron chi connectivity index (χ0n) is 15.5. The number of aryl methyl sites for hydroxylation is 1. The summed E-state index contributed by atoms with van der Waals surface area (Å²) in [6.45, 7) is 3.05. The molecule has 0 unspecified atom stereocenters. The Morgan fingerprint density at radius 1 is 1.11 bits per heavy atom. The van der Waals surface area contributed by atoms with Crippen LogP contribution in [0.4, 0.5) is 5.69 Å². The molecule has 2 rings (SSSR count). The Morgan fingerprint density at radius 2 is 1.78 bits per heavy atom. The number of esters is 1. The van der Waals surface area contributed by atoms with Gasteiger partial charge in [-0.25, -0.2) is 4.79 Å². The molecule has 0 aliphatic heterocycles. The van der Waals surface area contributed by atoms with Crippen molar-refractivity contribution < 1.29 is 23.9 Å². The van der Waals surface area contributed by atoms with E-state index < -0.39 is 24.6 Å². The summed E-state index contributed by atoms with van der Waals surface area (Å²) in [5, 5.41) is 6.37. The van der Waals surface area contributed by atoms with Gasteiger partial charge in [-0.05, 0) is 55.8 Å². The van der Waals surface area contributed by atoms with E-state index in [1.54, 1.807) is 43.5 Å². The first-order chi connectivity index (χ1) is 13.0. The van der Waals surface area contributed by atoms with Crippen LogP contribution in [0.2, 0.25) is 0 Å². The van der Waals surface area contributed by atoms with Gasteiger partial charge in [-0.1, -0.05) is 22.9 Å². The second-order valence-electron chi connectivity index (χ2n) is 5.77.